The van der Waals surface area contributed by atoms with Crippen LogP contribution in [0.15, 0.2) is 47.0 Å². The Bertz CT molecular complexity index is 1040. The summed E-state index contributed by atoms with van der Waals surface area (Å²) < 4.78 is 25.4. The number of benzene rings is 2. The summed E-state index contributed by atoms with van der Waals surface area (Å²) in [6, 6.07) is 11.9. The number of ether oxygens (including phenoxy) is 1. The largest absolute Gasteiger partial charge is 0.378 e. The molecule has 0 bridgehead atoms. The number of hydrogen-bond acceptors (Lipinski definition) is 5. The highest BCUT2D eigenvalue weighted by Crippen LogP contribution is 2.33. The summed E-state index contributed by atoms with van der Waals surface area (Å²) in [5.74, 6) is -0.531. The predicted molar refractivity (Wildman–Crippen MR) is 109 cm³/mol. The highest BCUT2D eigenvalue weighted by Gasteiger charge is 2.30. The lowest BCUT2D eigenvalue weighted by molar-refractivity contribution is 0.102. The van der Waals surface area contributed by atoms with E-state index in [2.05, 4.69) is 10.5 Å². The van der Waals surface area contributed by atoms with Crippen molar-refractivity contribution in [2.45, 2.75) is 13.8 Å². The maximum Gasteiger partial charge on any atom is 0.263 e. The highest BCUT2D eigenvalue weighted by molar-refractivity contribution is 6.11. The number of nitrogens with zero attached hydrogens (tertiary/aromatic N) is 2. The molecule has 7 heteroatoms. The molecule has 1 N–H and O–H groups in total. The molecule has 6 nitrogen and oxygen atoms in total. The van der Waals surface area contributed by atoms with Gasteiger partial charge in [-0.2, -0.15) is 0 Å². The molecule has 2 aromatic carbocycles. The Labute approximate surface area is 168 Å². The third-order valence-corrected chi connectivity index (χ3v) is 5.09. The normalized spacial score (nSPS) is 14.1. The number of aryl methyl sites for hydroxylation is 2. The van der Waals surface area contributed by atoms with E-state index >= 15 is 0 Å². The van der Waals surface area contributed by atoms with Crippen LogP contribution in [0.1, 0.15) is 21.5 Å². The Balaban J connectivity index is 1.75. The van der Waals surface area contributed by atoms with E-state index in [0.717, 1.165) is 11.1 Å². The zero-order valence-corrected chi connectivity index (χ0v) is 16.4. The van der Waals surface area contributed by atoms with Crippen molar-refractivity contribution in [1.82, 2.24) is 5.16 Å². The Morgan fingerprint density at radius 2 is 1.86 bits per heavy atom. The van der Waals surface area contributed by atoms with Crippen molar-refractivity contribution in [3.63, 3.8) is 0 Å². The van der Waals surface area contributed by atoms with Gasteiger partial charge in [0.25, 0.3) is 5.91 Å². The van der Waals surface area contributed by atoms with Crippen molar-refractivity contribution in [3.8, 4) is 11.3 Å². The van der Waals surface area contributed by atoms with Gasteiger partial charge in [0, 0.05) is 24.3 Å². The van der Waals surface area contributed by atoms with E-state index in [-0.39, 0.29) is 16.8 Å². The smallest absolute Gasteiger partial charge is 0.263 e. The molecule has 2 heterocycles. The van der Waals surface area contributed by atoms with Crippen LogP contribution in [0.4, 0.5) is 16.0 Å². The highest BCUT2D eigenvalue weighted by atomic mass is 19.1. The number of nitrogens with one attached hydrogen (secondary N) is 1. The van der Waals surface area contributed by atoms with Gasteiger partial charge < -0.3 is 19.5 Å². The van der Waals surface area contributed by atoms with Crippen LogP contribution < -0.4 is 10.2 Å². The molecule has 1 amide bonds. The van der Waals surface area contributed by atoms with Crippen molar-refractivity contribution in [1.29, 1.82) is 0 Å². The number of halogens is 1. The number of rotatable bonds is 4. The zero-order valence-electron chi connectivity index (χ0n) is 16.4. The SMILES string of the molecule is Cc1ccc(NC(=O)c2c(-c3ccccc3F)noc2N2CCOCC2)cc1C. The first-order valence-corrected chi connectivity index (χ1v) is 9.50. The number of anilines is 2. The van der Waals surface area contributed by atoms with E-state index in [9.17, 15) is 9.18 Å². The molecular formula is C22H22FN3O3. The van der Waals surface area contributed by atoms with Crippen LogP contribution in [0.3, 0.4) is 0 Å². The molecule has 1 fully saturated rings. The van der Waals surface area contributed by atoms with Crippen molar-refractivity contribution in [2.75, 3.05) is 36.5 Å². The molecule has 1 aromatic heterocycles. The molecular weight excluding hydrogens is 373 g/mol. The van der Waals surface area contributed by atoms with Crippen LogP contribution in [0, 0.1) is 19.7 Å². The van der Waals surface area contributed by atoms with Gasteiger partial charge in [-0.05, 0) is 49.2 Å². The minimum Gasteiger partial charge on any atom is -0.378 e. The number of carbonyl (C=O) groups excluding carboxylic acids is 1. The molecule has 0 atom stereocenters. The monoisotopic (exact) mass is 395 g/mol. The number of morpholine rings is 1. The molecule has 150 valence electrons. The Morgan fingerprint density at radius 1 is 1.10 bits per heavy atom. The van der Waals surface area contributed by atoms with Crippen molar-refractivity contribution in [3.05, 3.63) is 65.0 Å². The van der Waals surface area contributed by atoms with Gasteiger partial charge in [0.1, 0.15) is 17.1 Å². The molecule has 1 aliphatic rings. The second-order valence-corrected chi connectivity index (χ2v) is 7.04. The third kappa shape index (κ3) is 3.86. The van der Waals surface area contributed by atoms with Gasteiger partial charge in [-0.25, -0.2) is 4.39 Å². The fourth-order valence-electron chi connectivity index (χ4n) is 3.32. The molecule has 1 aliphatic heterocycles. The lowest BCUT2D eigenvalue weighted by Gasteiger charge is -2.26. The zero-order chi connectivity index (χ0) is 20.4. The van der Waals surface area contributed by atoms with Crippen LogP contribution in [0.2, 0.25) is 0 Å². The van der Waals surface area contributed by atoms with Gasteiger partial charge in [-0.3, -0.25) is 4.79 Å². The Morgan fingerprint density at radius 3 is 2.59 bits per heavy atom. The standard InChI is InChI=1S/C22H22FN3O3/c1-14-7-8-16(13-15(14)2)24-21(27)19-20(17-5-3-4-6-18(17)23)25-29-22(19)26-9-11-28-12-10-26/h3-8,13H,9-12H2,1-2H3,(H,24,27). The van der Waals surface area contributed by atoms with Gasteiger partial charge in [-0.15, -0.1) is 0 Å². The maximum absolute atomic E-state index is 14.4. The quantitative estimate of drug-likeness (QED) is 0.718. The minimum absolute atomic E-state index is 0.186. The molecule has 0 radical (unpaired) electrons. The average molecular weight is 395 g/mol. The summed E-state index contributed by atoms with van der Waals surface area (Å²) in [6.45, 7) is 6.16. The van der Waals surface area contributed by atoms with E-state index < -0.39 is 11.7 Å². The van der Waals surface area contributed by atoms with Crippen LogP contribution in [0.5, 0.6) is 0 Å². The molecule has 0 aliphatic carbocycles. The van der Waals surface area contributed by atoms with Crippen molar-refractivity contribution < 1.29 is 18.4 Å². The molecule has 1 saturated heterocycles. The lowest BCUT2D eigenvalue weighted by atomic mass is 10.1. The van der Waals surface area contributed by atoms with Crippen LogP contribution >= 0.6 is 0 Å². The van der Waals surface area contributed by atoms with Crippen LogP contribution in [0.25, 0.3) is 11.3 Å². The molecule has 3 aromatic rings. The molecule has 0 unspecified atom stereocenters. The van der Waals surface area contributed by atoms with Gasteiger partial charge in [0.2, 0.25) is 5.88 Å². The number of hydrogen-bond donors (Lipinski definition) is 1. The number of aromatic nitrogens is 1. The van der Waals surface area contributed by atoms with Gasteiger partial charge in [0.05, 0.1) is 13.2 Å². The lowest BCUT2D eigenvalue weighted by Crippen LogP contribution is -2.37. The minimum atomic E-state index is -0.463. The Kier molecular flexibility index (Phi) is 5.31. The fraction of sp³-hybridized carbons (Fsp3) is 0.273. The van der Waals surface area contributed by atoms with Gasteiger partial charge in [0.15, 0.2) is 0 Å². The van der Waals surface area contributed by atoms with E-state index in [4.69, 9.17) is 9.26 Å². The molecule has 0 spiro atoms. The van der Waals surface area contributed by atoms with Gasteiger partial charge >= 0.3 is 0 Å². The number of amides is 1. The maximum atomic E-state index is 14.4. The van der Waals surface area contributed by atoms with Gasteiger partial charge in [-0.1, -0.05) is 23.4 Å². The van der Waals surface area contributed by atoms with Crippen molar-refractivity contribution >= 4 is 17.5 Å². The Hall–Kier alpha value is -3.19. The number of carbonyl (C=O) groups is 1. The summed E-state index contributed by atoms with van der Waals surface area (Å²) in [5.41, 5.74) is 3.48. The summed E-state index contributed by atoms with van der Waals surface area (Å²) in [4.78, 5) is 15.1. The topological polar surface area (TPSA) is 67.6 Å². The average Bonchev–Trinajstić information content (AvgIpc) is 3.17. The fourth-order valence-corrected chi connectivity index (χ4v) is 3.32. The first kappa shape index (κ1) is 19.1. The van der Waals surface area contributed by atoms with Crippen LogP contribution in [-0.2, 0) is 4.74 Å². The van der Waals surface area contributed by atoms with E-state index in [1.54, 1.807) is 18.2 Å². The van der Waals surface area contributed by atoms with E-state index in [1.165, 1.54) is 6.07 Å². The summed E-state index contributed by atoms with van der Waals surface area (Å²) in [7, 11) is 0. The predicted octanol–water partition coefficient (Wildman–Crippen LogP) is 4.19. The molecule has 0 saturated carbocycles. The second kappa shape index (κ2) is 8.05. The summed E-state index contributed by atoms with van der Waals surface area (Å²) in [6.07, 6.45) is 0. The molecule has 29 heavy (non-hydrogen) atoms. The summed E-state index contributed by atoms with van der Waals surface area (Å²) in [5, 5.41) is 6.96. The van der Waals surface area contributed by atoms with Crippen LogP contribution in [-0.4, -0.2) is 37.4 Å². The van der Waals surface area contributed by atoms with E-state index in [0.29, 0.717) is 37.9 Å². The first-order chi connectivity index (χ1) is 14.0. The van der Waals surface area contributed by atoms with E-state index in [1.807, 2.05) is 36.9 Å². The third-order valence-electron chi connectivity index (χ3n) is 5.09. The second-order valence-electron chi connectivity index (χ2n) is 7.04. The molecule has 4 rings (SSSR count). The van der Waals surface area contributed by atoms with Crippen molar-refractivity contribution in [2.24, 2.45) is 0 Å². The summed E-state index contributed by atoms with van der Waals surface area (Å²) >= 11 is 0. The first-order valence-electron chi connectivity index (χ1n) is 9.50.